The number of ether oxygens (including phenoxy) is 1. The molecule has 0 unspecified atom stereocenters. The van der Waals surface area contributed by atoms with Crippen LogP contribution in [0.15, 0.2) is 18.5 Å². The largest absolute Gasteiger partial charge is 0.573 e. The molecule has 0 bridgehead atoms. The zero-order valence-electron chi connectivity index (χ0n) is 8.99. The lowest BCUT2D eigenvalue weighted by atomic mass is 10.2. The fraction of sp³-hybridized carbons (Fsp3) is 0.333. The predicted molar refractivity (Wildman–Crippen MR) is 50.0 cm³/mol. The maximum Gasteiger partial charge on any atom is 0.573 e. The standard InChI is InChI=1S/C9H9F3N2O3/c1-14(16-2)8(15)6-3-7(5-13-4-6)17-9(10,11)12/h3-5H,1-2H3. The van der Waals surface area contributed by atoms with Crippen molar-refractivity contribution in [2.45, 2.75) is 6.36 Å². The van der Waals surface area contributed by atoms with E-state index in [9.17, 15) is 18.0 Å². The summed E-state index contributed by atoms with van der Waals surface area (Å²) in [6.45, 7) is 0. The predicted octanol–water partition coefficient (Wildman–Crippen LogP) is 1.61. The quantitative estimate of drug-likeness (QED) is 0.765. The molecule has 17 heavy (non-hydrogen) atoms. The van der Waals surface area contributed by atoms with Gasteiger partial charge < -0.3 is 4.74 Å². The van der Waals surface area contributed by atoms with Crippen LogP contribution < -0.4 is 4.74 Å². The van der Waals surface area contributed by atoms with Crippen LogP contribution in [0.25, 0.3) is 0 Å². The highest BCUT2D eigenvalue weighted by Crippen LogP contribution is 2.22. The Labute approximate surface area is 94.7 Å². The Kier molecular flexibility index (Phi) is 3.89. The van der Waals surface area contributed by atoms with Crippen molar-refractivity contribution in [2.24, 2.45) is 0 Å². The average Bonchev–Trinajstić information content (AvgIpc) is 2.25. The van der Waals surface area contributed by atoms with Gasteiger partial charge in [0.2, 0.25) is 0 Å². The summed E-state index contributed by atoms with van der Waals surface area (Å²) >= 11 is 0. The molecule has 1 aromatic rings. The molecule has 8 heteroatoms. The highest BCUT2D eigenvalue weighted by Gasteiger charge is 2.31. The number of pyridine rings is 1. The second-order valence-electron chi connectivity index (χ2n) is 2.94. The monoisotopic (exact) mass is 250 g/mol. The van der Waals surface area contributed by atoms with Crippen molar-refractivity contribution in [3.05, 3.63) is 24.0 Å². The van der Waals surface area contributed by atoms with Gasteiger partial charge >= 0.3 is 6.36 Å². The molecule has 0 aromatic carbocycles. The number of hydroxylamine groups is 2. The van der Waals surface area contributed by atoms with Crippen LogP contribution in [-0.4, -0.2) is 36.5 Å². The Morgan fingerprint density at radius 3 is 2.59 bits per heavy atom. The van der Waals surface area contributed by atoms with Crippen molar-refractivity contribution in [3.8, 4) is 5.75 Å². The summed E-state index contributed by atoms with van der Waals surface area (Å²) in [6, 6.07) is 0.929. The molecule has 1 aromatic heterocycles. The van der Waals surface area contributed by atoms with Crippen LogP contribution >= 0.6 is 0 Å². The van der Waals surface area contributed by atoms with Gasteiger partial charge in [-0.15, -0.1) is 13.2 Å². The maximum atomic E-state index is 11.9. The van der Waals surface area contributed by atoms with E-state index in [2.05, 4.69) is 14.6 Å². The minimum atomic E-state index is -4.82. The van der Waals surface area contributed by atoms with E-state index in [0.717, 1.165) is 23.5 Å². The minimum absolute atomic E-state index is 0.0731. The number of halogens is 3. The van der Waals surface area contributed by atoms with E-state index in [1.807, 2.05) is 0 Å². The second-order valence-corrected chi connectivity index (χ2v) is 2.94. The molecular formula is C9H9F3N2O3. The first-order chi connectivity index (χ1) is 7.83. The molecule has 0 saturated carbocycles. The fourth-order valence-electron chi connectivity index (χ4n) is 0.990. The Balaban J connectivity index is 2.90. The van der Waals surface area contributed by atoms with E-state index in [0.29, 0.717) is 0 Å². The van der Waals surface area contributed by atoms with E-state index >= 15 is 0 Å². The smallest absolute Gasteiger partial charge is 0.404 e. The van der Waals surface area contributed by atoms with E-state index < -0.39 is 18.0 Å². The highest BCUT2D eigenvalue weighted by molar-refractivity contribution is 5.93. The van der Waals surface area contributed by atoms with Crippen LogP contribution in [0.1, 0.15) is 10.4 Å². The highest BCUT2D eigenvalue weighted by atomic mass is 19.4. The minimum Gasteiger partial charge on any atom is -0.404 e. The van der Waals surface area contributed by atoms with Crippen LogP contribution in [0.4, 0.5) is 13.2 Å². The molecule has 0 atom stereocenters. The lowest BCUT2D eigenvalue weighted by Gasteiger charge is -2.14. The lowest BCUT2D eigenvalue weighted by molar-refractivity contribution is -0.274. The van der Waals surface area contributed by atoms with Gasteiger partial charge in [0, 0.05) is 13.2 Å². The van der Waals surface area contributed by atoms with Crippen molar-refractivity contribution in [2.75, 3.05) is 14.2 Å². The third-order valence-corrected chi connectivity index (χ3v) is 1.75. The number of hydrogen-bond acceptors (Lipinski definition) is 4. The Hall–Kier alpha value is -1.83. The number of hydrogen-bond donors (Lipinski definition) is 0. The second kappa shape index (κ2) is 5.00. The molecule has 0 aliphatic rings. The third-order valence-electron chi connectivity index (χ3n) is 1.75. The number of aromatic nitrogens is 1. The summed E-state index contributed by atoms with van der Waals surface area (Å²) in [7, 11) is 2.57. The average molecular weight is 250 g/mol. The van der Waals surface area contributed by atoms with Gasteiger partial charge in [-0.25, -0.2) is 5.06 Å². The van der Waals surface area contributed by atoms with Gasteiger partial charge in [0.25, 0.3) is 5.91 Å². The number of alkyl halides is 3. The topological polar surface area (TPSA) is 51.7 Å². The van der Waals surface area contributed by atoms with E-state index in [-0.39, 0.29) is 5.56 Å². The molecule has 1 heterocycles. The SMILES string of the molecule is CON(C)C(=O)c1cncc(OC(F)(F)F)c1. The van der Waals surface area contributed by atoms with Gasteiger partial charge in [-0.3, -0.25) is 14.6 Å². The molecule has 0 aliphatic heterocycles. The van der Waals surface area contributed by atoms with Gasteiger partial charge in [0.05, 0.1) is 18.9 Å². The Bertz CT molecular complexity index is 409. The molecule has 1 rings (SSSR count). The van der Waals surface area contributed by atoms with Crippen molar-refractivity contribution in [3.63, 3.8) is 0 Å². The third kappa shape index (κ3) is 3.91. The Morgan fingerprint density at radius 1 is 1.41 bits per heavy atom. The van der Waals surface area contributed by atoms with Crippen LogP contribution in [0.5, 0.6) is 5.75 Å². The summed E-state index contributed by atoms with van der Waals surface area (Å²) in [4.78, 5) is 19.6. The number of carbonyl (C=O) groups excluding carboxylic acids is 1. The van der Waals surface area contributed by atoms with Crippen LogP contribution in [0.3, 0.4) is 0 Å². The lowest BCUT2D eigenvalue weighted by Crippen LogP contribution is -2.25. The fourth-order valence-corrected chi connectivity index (χ4v) is 0.990. The zero-order valence-corrected chi connectivity index (χ0v) is 8.99. The van der Waals surface area contributed by atoms with Gasteiger partial charge in [0.15, 0.2) is 0 Å². The molecule has 0 spiro atoms. The molecule has 94 valence electrons. The molecule has 0 fully saturated rings. The van der Waals surface area contributed by atoms with Crippen LogP contribution in [0, 0.1) is 0 Å². The number of rotatable bonds is 3. The summed E-state index contributed by atoms with van der Waals surface area (Å²) in [5.74, 6) is -1.19. The summed E-state index contributed by atoms with van der Waals surface area (Å²) in [6.07, 6.45) is -2.85. The molecule has 1 amide bonds. The van der Waals surface area contributed by atoms with Gasteiger partial charge in [-0.05, 0) is 6.07 Å². The number of nitrogens with zero attached hydrogens (tertiary/aromatic N) is 2. The van der Waals surface area contributed by atoms with E-state index in [1.54, 1.807) is 0 Å². The molecule has 5 nitrogen and oxygen atoms in total. The zero-order chi connectivity index (χ0) is 13.1. The maximum absolute atomic E-state index is 11.9. The Morgan fingerprint density at radius 2 is 2.06 bits per heavy atom. The van der Waals surface area contributed by atoms with Crippen molar-refractivity contribution >= 4 is 5.91 Å². The first-order valence-electron chi connectivity index (χ1n) is 4.36. The van der Waals surface area contributed by atoms with Gasteiger partial charge in [-0.1, -0.05) is 0 Å². The van der Waals surface area contributed by atoms with E-state index in [1.165, 1.54) is 14.2 Å². The van der Waals surface area contributed by atoms with E-state index in [4.69, 9.17) is 0 Å². The normalized spacial score (nSPS) is 11.1. The molecular weight excluding hydrogens is 241 g/mol. The summed E-state index contributed by atoms with van der Waals surface area (Å²) in [5, 5.41) is 0.856. The van der Waals surface area contributed by atoms with Crippen LogP contribution in [-0.2, 0) is 4.84 Å². The van der Waals surface area contributed by atoms with Gasteiger partial charge in [0.1, 0.15) is 5.75 Å². The van der Waals surface area contributed by atoms with Gasteiger partial charge in [-0.2, -0.15) is 0 Å². The molecule has 0 saturated heterocycles. The van der Waals surface area contributed by atoms with Crippen molar-refractivity contribution in [1.82, 2.24) is 10.0 Å². The molecule has 0 N–H and O–H groups in total. The van der Waals surface area contributed by atoms with Crippen LogP contribution in [0.2, 0.25) is 0 Å². The number of amides is 1. The van der Waals surface area contributed by atoms with Crippen molar-refractivity contribution in [1.29, 1.82) is 0 Å². The first-order valence-corrected chi connectivity index (χ1v) is 4.36. The molecule has 0 aliphatic carbocycles. The van der Waals surface area contributed by atoms with Crippen molar-refractivity contribution < 1.29 is 27.5 Å². The first kappa shape index (κ1) is 13.2. The summed E-state index contributed by atoms with van der Waals surface area (Å²) in [5.41, 5.74) is -0.0731. The number of carbonyl (C=O) groups is 1. The molecule has 0 radical (unpaired) electrons. The summed E-state index contributed by atoms with van der Waals surface area (Å²) < 4.78 is 39.4.